The number of rotatable bonds is 6. The molecule has 0 saturated carbocycles. The zero-order valence-electron chi connectivity index (χ0n) is 22.4. The molecule has 0 fully saturated rings. The van der Waals surface area contributed by atoms with Gasteiger partial charge in [-0.25, -0.2) is 33.8 Å². The molecule has 2 aromatic carbocycles. The van der Waals surface area contributed by atoms with Gasteiger partial charge in [0.15, 0.2) is 16.9 Å². The summed E-state index contributed by atoms with van der Waals surface area (Å²) in [7, 11) is 0. The molecule has 212 valence electrons. The van der Waals surface area contributed by atoms with Gasteiger partial charge in [0.25, 0.3) is 0 Å². The number of nitrogens with two attached hydrogens (primary N) is 1. The van der Waals surface area contributed by atoms with E-state index in [4.69, 9.17) is 15.3 Å². The Morgan fingerprint density at radius 1 is 1.09 bits per heavy atom. The molecule has 43 heavy (non-hydrogen) atoms. The Morgan fingerprint density at radius 3 is 2.65 bits per heavy atom. The third kappa shape index (κ3) is 4.09. The van der Waals surface area contributed by atoms with Gasteiger partial charge in [0.05, 0.1) is 23.1 Å². The van der Waals surface area contributed by atoms with Crippen molar-refractivity contribution in [3.63, 3.8) is 0 Å². The number of aromatic carboxylic acids is 1. The fourth-order valence-corrected chi connectivity index (χ4v) is 5.21. The van der Waals surface area contributed by atoms with E-state index in [-0.39, 0.29) is 41.3 Å². The van der Waals surface area contributed by atoms with Gasteiger partial charge in [-0.1, -0.05) is 30.3 Å². The predicted octanol–water partition coefficient (Wildman–Crippen LogP) is 4.27. The second-order valence-electron chi connectivity index (χ2n) is 10.1. The lowest BCUT2D eigenvalue weighted by molar-refractivity contribution is -0.119. The topological polar surface area (TPSA) is 175 Å². The number of pyridine rings is 1. The molecule has 13 heteroatoms. The Kier molecular flexibility index (Phi) is 5.76. The molecule has 0 aliphatic carbocycles. The van der Waals surface area contributed by atoms with Gasteiger partial charge in [-0.05, 0) is 37.3 Å². The number of nitrogens with one attached hydrogen (secondary N) is 1. The molecule has 12 nitrogen and oxygen atoms in total. The minimum atomic E-state index is -1.45. The molecule has 5 heterocycles. The van der Waals surface area contributed by atoms with Crippen molar-refractivity contribution in [2.75, 3.05) is 11.1 Å². The molecule has 1 aliphatic rings. The summed E-state index contributed by atoms with van der Waals surface area (Å²) in [5.41, 5.74) is 7.75. The lowest BCUT2D eigenvalue weighted by Gasteiger charge is -2.18. The lowest BCUT2D eigenvalue weighted by Crippen LogP contribution is -2.33. The quantitative estimate of drug-likeness (QED) is 0.260. The summed E-state index contributed by atoms with van der Waals surface area (Å²) in [4.78, 5) is 42.7. The van der Waals surface area contributed by atoms with E-state index in [9.17, 15) is 14.0 Å². The van der Waals surface area contributed by atoms with E-state index in [2.05, 4.69) is 30.4 Å². The van der Waals surface area contributed by atoms with E-state index in [0.717, 1.165) is 0 Å². The molecule has 0 radical (unpaired) electrons. The average molecular weight is 577 g/mol. The number of benzene rings is 2. The van der Waals surface area contributed by atoms with E-state index in [1.165, 1.54) is 24.5 Å². The summed E-state index contributed by atoms with van der Waals surface area (Å²) in [6.45, 7) is 1.74. The smallest absolute Gasteiger partial charge is 0.335 e. The number of halogens is 1. The van der Waals surface area contributed by atoms with Crippen molar-refractivity contribution < 1.29 is 23.5 Å². The number of nitrogen functional groups attached to an aromatic ring is 1. The van der Waals surface area contributed by atoms with E-state index in [1.807, 2.05) is 0 Å². The molecule has 4 N–H and O–H groups in total. The Balaban J connectivity index is 1.28. The van der Waals surface area contributed by atoms with Gasteiger partial charge in [0.1, 0.15) is 35.1 Å². The summed E-state index contributed by atoms with van der Waals surface area (Å²) in [6.07, 6.45) is 2.99. The molecule has 0 bridgehead atoms. The van der Waals surface area contributed by atoms with Gasteiger partial charge < -0.3 is 20.6 Å². The first-order valence-electron chi connectivity index (χ1n) is 13.1. The van der Waals surface area contributed by atoms with Gasteiger partial charge in [-0.15, -0.1) is 0 Å². The largest absolute Gasteiger partial charge is 0.478 e. The van der Waals surface area contributed by atoms with Crippen LogP contribution >= 0.6 is 0 Å². The number of carbonyl (C=O) groups excluding carboxylic acids is 1. The van der Waals surface area contributed by atoms with Gasteiger partial charge >= 0.3 is 5.97 Å². The van der Waals surface area contributed by atoms with Crippen molar-refractivity contribution in [2.45, 2.75) is 18.9 Å². The van der Waals surface area contributed by atoms with E-state index in [1.54, 1.807) is 60.3 Å². The van der Waals surface area contributed by atoms with Crippen LogP contribution in [0.25, 0.3) is 33.8 Å². The number of nitrogens with zero attached hydrogens (tertiary/aromatic N) is 6. The van der Waals surface area contributed by atoms with Crippen molar-refractivity contribution in [1.82, 2.24) is 29.7 Å². The Labute approximate surface area is 242 Å². The molecule has 1 amide bonds. The summed E-state index contributed by atoms with van der Waals surface area (Å²) in [5.74, 6) is -1.46. The van der Waals surface area contributed by atoms with Crippen molar-refractivity contribution >= 4 is 34.5 Å². The Bertz CT molecular complexity index is 2090. The molecule has 7 rings (SSSR count). The maximum atomic E-state index is 14.4. The molecule has 1 aliphatic heterocycles. The number of fused-ring (bicyclic) bond motifs is 2. The van der Waals surface area contributed by atoms with E-state index >= 15 is 0 Å². The highest BCUT2D eigenvalue weighted by atomic mass is 19.1. The van der Waals surface area contributed by atoms with Gasteiger partial charge in [0, 0.05) is 17.3 Å². The molecular formula is C30H21FN8O4. The van der Waals surface area contributed by atoms with E-state index in [0.29, 0.717) is 39.1 Å². The predicted molar refractivity (Wildman–Crippen MR) is 152 cm³/mol. The highest BCUT2D eigenvalue weighted by Crippen LogP contribution is 2.45. The van der Waals surface area contributed by atoms with Crippen LogP contribution in [0.15, 0.2) is 77.5 Å². The van der Waals surface area contributed by atoms with Gasteiger partial charge in [-0.2, -0.15) is 5.10 Å². The summed E-state index contributed by atoms with van der Waals surface area (Å²) >= 11 is 0. The monoisotopic (exact) mass is 576 g/mol. The zero-order valence-corrected chi connectivity index (χ0v) is 22.4. The average Bonchev–Trinajstić information content (AvgIpc) is 3.70. The minimum absolute atomic E-state index is 0.0205. The fraction of sp³-hybridized carbons (Fsp3) is 0.100. The van der Waals surface area contributed by atoms with Crippen LogP contribution in [0, 0.1) is 5.82 Å². The number of amides is 1. The number of carboxylic acids is 1. The number of hydrogen-bond acceptors (Lipinski definition) is 9. The van der Waals surface area contributed by atoms with Crippen molar-refractivity contribution in [3.05, 3.63) is 102 Å². The number of anilines is 2. The van der Waals surface area contributed by atoms with Gasteiger partial charge in [0.2, 0.25) is 11.8 Å². The molecule has 1 unspecified atom stereocenters. The van der Waals surface area contributed by atoms with Crippen LogP contribution in [-0.4, -0.2) is 46.7 Å². The van der Waals surface area contributed by atoms with Crippen molar-refractivity contribution in [3.8, 4) is 22.8 Å². The van der Waals surface area contributed by atoms with Crippen LogP contribution in [0.1, 0.15) is 34.3 Å². The summed E-state index contributed by atoms with van der Waals surface area (Å²) in [6, 6.07) is 16.1. The van der Waals surface area contributed by atoms with E-state index < -0.39 is 17.3 Å². The SMILES string of the molecule is CC1(c2nc(-c3ccc(C(=O)O)cc3)co2)C(=O)Nc2nc(-c3nn(Cc4ccccc4F)c4ncccc34)nc(N)c21. The van der Waals surface area contributed by atoms with Crippen LogP contribution in [0.4, 0.5) is 16.0 Å². The molecule has 0 spiro atoms. The van der Waals surface area contributed by atoms with Crippen molar-refractivity contribution in [2.24, 2.45) is 0 Å². The normalized spacial score (nSPS) is 15.9. The third-order valence-electron chi connectivity index (χ3n) is 7.48. The van der Waals surface area contributed by atoms with Crippen LogP contribution in [-0.2, 0) is 16.8 Å². The van der Waals surface area contributed by atoms with Crippen LogP contribution in [0.2, 0.25) is 0 Å². The summed E-state index contributed by atoms with van der Waals surface area (Å²) < 4.78 is 21.7. The molecule has 0 saturated heterocycles. The van der Waals surface area contributed by atoms with Crippen LogP contribution in [0.5, 0.6) is 0 Å². The Hall–Kier alpha value is -5.98. The number of hydrogen-bond donors (Lipinski definition) is 3. The van der Waals surface area contributed by atoms with Crippen LogP contribution < -0.4 is 11.1 Å². The second kappa shape index (κ2) is 9.55. The third-order valence-corrected chi connectivity index (χ3v) is 7.48. The van der Waals surface area contributed by atoms with Gasteiger partial charge in [-0.3, -0.25) is 4.79 Å². The summed E-state index contributed by atoms with van der Waals surface area (Å²) in [5, 5.41) is 17.2. The number of oxazole rings is 1. The first-order chi connectivity index (χ1) is 20.7. The lowest BCUT2D eigenvalue weighted by atomic mass is 9.84. The number of carboxylic acid groups (broad SMARTS) is 1. The minimum Gasteiger partial charge on any atom is -0.478 e. The molecular weight excluding hydrogens is 555 g/mol. The van der Waals surface area contributed by atoms with Crippen LogP contribution in [0.3, 0.4) is 0 Å². The maximum absolute atomic E-state index is 14.4. The molecule has 4 aromatic heterocycles. The molecule has 6 aromatic rings. The maximum Gasteiger partial charge on any atom is 0.335 e. The number of aromatic nitrogens is 6. The highest BCUT2D eigenvalue weighted by molar-refractivity contribution is 6.08. The van der Waals surface area contributed by atoms with Crippen molar-refractivity contribution in [1.29, 1.82) is 0 Å². The second-order valence-corrected chi connectivity index (χ2v) is 10.1. The highest BCUT2D eigenvalue weighted by Gasteiger charge is 2.51. The first kappa shape index (κ1) is 26.0. The fourth-order valence-electron chi connectivity index (χ4n) is 5.21. The number of carbonyl (C=O) groups is 2. The zero-order chi connectivity index (χ0) is 29.9. The standard InChI is InChI=1S/C30H21FN8O4/c1-30(29-34-20(14-43-29)15-8-10-16(11-9-15)27(40)41)21-23(32)35-25(36-24(21)37-28(30)42)22-18-6-4-12-33-26(18)39(38-22)13-17-5-2-3-7-19(17)31/h2-12,14H,13H2,1H3,(H,40,41)(H3,32,35,36,37,42). The molecule has 1 atom stereocenters. The first-order valence-corrected chi connectivity index (χ1v) is 13.1. The Morgan fingerprint density at radius 2 is 1.88 bits per heavy atom.